The molecule has 1 aromatic heterocycles. The predicted molar refractivity (Wildman–Crippen MR) is 138 cm³/mol. The number of Topliss-reactive ketones (excluding diaryl/α,β-unsaturated/α-hetero) is 1. The van der Waals surface area contributed by atoms with Crippen molar-refractivity contribution in [3.05, 3.63) is 93.5 Å². The number of hydrogen-bond acceptors (Lipinski definition) is 6. The molecule has 2 heterocycles. The minimum absolute atomic E-state index is 0.0196. The summed E-state index contributed by atoms with van der Waals surface area (Å²) in [4.78, 5) is 32.8. The third kappa shape index (κ3) is 3.96. The smallest absolute Gasteiger partial charge is 0.301 e. The molecule has 0 spiro atoms. The van der Waals surface area contributed by atoms with Crippen molar-refractivity contribution in [1.82, 2.24) is 4.98 Å². The summed E-state index contributed by atoms with van der Waals surface area (Å²) in [7, 11) is 1.56. The van der Waals surface area contributed by atoms with E-state index in [1.807, 2.05) is 32.0 Å². The average molecular weight is 505 g/mol. The lowest BCUT2D eigenvalue weighted by molar-refractivity contribution is -0.132. The second kappa shape index (κ2) is 8.83. The van der Waals surface area contributed by atoms with E-state index in [0.29, 0.717) is 32.5 Å². The van der Waals surface area contributed by atoms with Crippen LogP contribution in [-0.2, 0) is 9.59 Å². The van der Waals surface area contributed by atoms with Gasteiger partial charge in [-0.1, -0.05) is 52.8 Å². The van der Waals surface area contributed by atoms with Crippen LogP contribution in [0.15, 0.2) is 66.2 Å². The number of fused-ring (bicyclic) bond motifs is 1. The van der Waals surface area contributed by atoms with E-state index in [0.717, 1.165) is 15.8 Å². The Morgan fingerprint density at radius 1 is 1.06 bits per heavy atom. The standard InChI is InChI=1S/C27H21ClN2O4S/c1-14-4-5-15(2)19(12-14)24(31)22-23(16-6-9-18(34-3)10-7-16)30(26(33)25(22)32)27-29-20-11-8-17(28)13-21(20)35-27/h4-13,23,31H,1-3H3/b24-22+. The van der Waals surface area contributed by atoms with Gasteiger partial charge in [0.1, 0.15) is 11.5 Å². The molecule has 0 saturated carbocycles. The number of ketones is 1. The average Bonchev–Trinajstić information content (AvgIpc) is 3.38. The molecule has 1 amide bonds. The molecule has 3 aromatic carbocycles. The summed E-state index contributed by atoms with van der Waals surface area (Å²) in [5, 5.41) is 12.3. The van der Waals surface area contributed by atoms with E-state index in [1.54, 1.807) is 49.6 Å². The number of ether oxygens (including phenoxy) is 1. The van der Waals surface area contributed by atoms with Gasteiger partial charge in [-0.25, -0.2) is 4.98 Å². The first kappa shape index (κ1) is 23.1. The molecule has 5 rings (SSSR count). The van der Waals surface area contributed by atoms with Crippen molar-refractivity contribution in [2.45, 2.75) is 19.9 Å². The van der Waals surface area contributed by atoms with Gasteiger partial charge >= 0.3 is 5.91 Å². The summed E-state index contributed by atoms with van der Waals surface area (Å²) < 4.78 is 6.07. The van der Waals surface area contributed by atoms with Gasteiger partial charge in [-0.2, -0.15) is 0 Å². The second-order valence-electron chi connectivity index (χ2n) is 8.37. The molecular formula is C27H21ClN2O4S. The molecule has 6 nitrogen and oxygen atoms in total. The minimum Gasteiger partial charge on any atom is -0.507 e. The van der Waals surface area contributed by atoms with Gasteiger partial charge < -0.3 is 9.84 Å². The SMILES string of the molecule is COc1ccc(C2/C(=C(\O)c3cc(C)ccc3C)C(=O)C(=O)N2c2nc3ccc(Cl)cc3s2)cc1. The van der Waals surface area contributed by atoms with Gasteiger partial charge in [0, 0.05) is 10.6 Å². The number of aromatic nitrogens is 1. The highest BCUT2D eigenvalue weighted by molar-refractivity contribution is 7.22. The molecular weight excluding hydrogens is 484 g/mol. The molecule has 4 aromatic rings. The van der Waals surface area contributed by atoms with Crippen LogP contribution in [0.1, 0.15) is 28.3 Å². The van der Waals surface area contributed by atoms with Gasteiger partial charge in [-0.05, 0) is 61.4 Å². The topological polar surface area (TPSA) is 79.7 Å². The van der Waals surface area contributed by atoms with Crippen LogP contribution in [0.25, 0.3) is 16.0 Å². The lowest BCUT2D eigenvalue weighted by atomic mass is 9.93. The number of rotatable bonds is 4. The third-order valence-corrected chi connectivity index (χ3v) is 7.32. The van der Waals surface area contributed by atoms with Crippen LogP contribution in [0.2, 0.25) is 5.02 Å². The maximum atomic E-state index is 13.4. The summed E-state index contributed by atoms with van der Waals surface area (Å²) >= 11 is 7.41. The van der Waals surface area contributed by atoms with Crippen molar-refractivity contribution in [2.24, 2.45) is 0 Å². The van der Waals surface area contributed by atoms with Crippen molar-refractivity contribution in [3.8, 4) is 5.75 Å². The third-order valence-electron chi connectivity index (χ3n) is 6.07. The number of thiazole rings is 1. The minimum atomic E-state index is -0.864. The second-order valence-corrected chi connectivity index (χ2v) is 9.81. The summed E-state index contributed by atoms with van der Waals surface area (Å²) in [6, 6.07) is 17.1. The van der Waals surface area contributed by atoms with Crippen molar-refractivity contribution in [1.29, 1.82) is 0 Å². The van der Waals surface area contributed by atoms with E-state index in [9.17, 15) is 14.7 Å². The fraction of sp³-hybridized carbons (Fsp3) is 0.148. The Morgan fingerprint density at radius 3 is 2.51 bits per heavy atom. The number of carbonyl (C=O) groups is 2. The molecule has 1 N–H and O–H groups in total. The summed E-state index contributed by atoms with van der Waals surface area (Å²) in [6.07, 6.45) is 0. The van der Waals surface area contributed by atoms with Crippen LogP contribution in [0.4, 0.5) is 5.13 Å². The van der Waals surface area contributed by atoms with Gasteiger partial charge in [0.2, 0.25) is 0 Å². The molecule has 35 heavy (non-hydrogen) atoms. The van der Waals surface area contributed by atoms with E-state index in [-0.39, 0.29) is 11.3 Å². The van der Waals surface area contributed by atoms with Crippen molar-refractivity contribution >= 4 is 55.7 Å². The number of benzene rings is 3. The van der Waals surface area contributed by atoms with Crippen molar-refractivity contribution < 1.29 is 19.4 Å². The molecule has 0 bridgehead atoms. The fourth-order valence-corrected chi connectivity index (χ4v) is 5.53. The number of nitrogens with zero attached hydrogens (tertiary/aromatic N) is 2. The molecule has 0 radical (unpaired) electrons. The zero-order chi connectivity index (χ0) is 24.9. The van der Waals surface area contributed by atoms with Crippen molar-refractivity contribution in [2.75, 3.05) is 12.0 Å². The summed E-state index contributed by atoms with van der Waals surface area (Å²) in [5.41, 5.74) is 3.56. The van der Waals surface area contributed by atoms with E-state index in [1.165, 1.54) is 16.2 Å². The van der Waals surface area contributed by atoms with Gasteiger partial charge in [0.25, 0.3) is 5.78 Å². The first-order chi connectivity index (χ1) is 16.8. The molecule has 0 aliphatic carbocycles. The van der Waals surface area contributed by atoms with Crippen LogP contribution in [0.3, 0.4) is 0 Å². The Hall–Kier alpha value is -3.68. The van der Waals surface area contributed by atoms with Gasteiger partial charge in [-0.3, -0.25) is 14.5 Å². The number of aliphatic hydroxyl groups is 1. The molecule has 1 unspecified atom stereocenters. The highest BCUT2D eigenvalue weighted by Crippen LogP contribution is 2.45. The molecule has 8 heteroatoms. The number of amides is 1. The van der Waals surface area contributed by atoms with E-state index in [4.69, 9.17) is 16.3 Å². The highest BCUT2D eigenvalue weighted by atomic mass is 35.5. The molecule has 1 fully saturated rings. The maximum Gasteiger partial charge on any atom is 0.301 e. The summed E-state index contributed by atoms with van der Waals surface area (Å²) in [5.74, 6) is -1.09. The van der Waals surface area contributed by atoms with Gasteiger partial charge in [-0.15, -0.1) is 0 Å². The zero-order valence-corrected chi connectivity index (χ0v) is 20.8. The monoisotopic (exact) mass is 504 g/mol. The van der Waals surface area contributed by atoms with E-state index in [2.05, 4.69) is 4.98 Å². The molecule has 176 valence electrons. The number of aryl methyl sites for hydroxylation is 2. The number of hydrogen-bond donors (Lipinski definition) is 1. The number of halogens is 1. The molecule has 1 aliphatic rings. The first-order valence-electron chi connectivity index (χ1n) is 10.9. The predicted octanol–water partition coefficient (Wildman–Crippen LogP) is 6.20. The first-order valence-corrected chi connectivity index (χ1v) is 12.1. The molecule has 1 aliphatic heterocycles. The number of aliphatic hydroxyl groups excluding tert-OH is 1. The number of anilines is 1. The van der Waals surface area contributed by atoms with Gasteiger partial charge in [0.05, 0.1) is 28.9 Å². The Kier molecular flexibility index (Phi) is 5.83. The van der Waals surface area contributed by atoms with Gasteiger partial charge in [0.15, 0.2) is 5.13 Å². The Morgan fingerprint density at radius 2 is 1.80 bits per heavy atom. The largest absolute Gasteiger partial charge is 0.507 e. The lowest BCUT2D eigenvalue weighted by Gasteiger charge is -2.23. The quantitative estimate of drug-likeness (QED) is 0.203. The lowest BCUT2D eigenvalue weighted by Crippen LogP contribution is -2.29. The van der Waals surface area contributed by atoms with Crippen LogP contribution in [-0.4, -0.2) is 28.9 Å². The Bertz CT molecular complexity index is 1520. The Labute approximate surface area is 211 Å². The normalized spacial score (nSPS) is 17.4. The van der Waals surface area contributed by atoms with Crippen LogP contribution in [0.5, 0.6) is 5.75 Å². The summed E-state index contributed by atoms with van der Waals surface area (Å²) in [6.45, 7) is 3.76. The number of methoxy groups -OCH3 is 1. The fourth-order valence-electron chi connectivity index (χ4n) is 4.26. The highest BCUT2D eigenvalue weighted by Gasteiger charge is 2.48. The number of carbonyl (C=O) groups excluding carboxylic acids is 2. The maximum absolute atomic E-state index is 13.4. The van der Waals surface area contributed by atoms with Crippen molar-refractivity contribution in [3.63, 3.8) is 0 Å². The molecule has 1 atom stereocenters. The van der Waals surface area contributed by atoms with E-state index >= 15 is 0 Å². The Balaban J connectivity index is 1.75. The van der Waals surface area contributed by atoms with Crippen LogP contribution < -0.4 is 9.64 Å². The van der Waals surface area contributed by atoms with Crippen LogP contribution >= 0.6 is 22.9 Å². The van der Waals surface area contributed by atoms with Crippen LogP contribution in [0, 0.1) is 13.8 Å². The molecule has 1 saturated heterocycles. The zero-order valence-electron chi connectivity index (χ0n) is 19.2. The van der Waals surface area contributed by atoms with E-state index < -0.39 is 17.7 Å².